The van der Waals surface area contributed by atoms with Gasteiger partial charge in [0.05, 0.1) is 24.1 Å². The number of aromatic nitrogens is 1. The van der Waals surface area contributed by atoms with Gasteiger partial charge in [0.25, 0.3) is 5.91 Å². The van der Waals surface area contributed by atoms with Crippen molar-refractivity contribution >= 4 is 44.6 Å². The van der Waals surface area contributed by atoms with Gasteiger partial charge >= 0.3 is 6.09 Å². The first-order valence-electron chi connectivity index (χ1n) is 21.0. The summed E-state index contributed by atoms with van der Waals surface area (Å²) in [5.41, 5.74) is -1.32. The third-order valence-corrected chi connectivity index (χ3v) is 14.5. The van der Waals surface area contributed by atoms with Crippen LogP contribution in [0.3, 0.4) is 0 Å². The maximum Gasteiger partial charge on any atom is 0.408 e. The second-order valence-corrected chi connectivity index (χ2v) is 20.7. The fourth-order valence-electron chi connectivity index (χ4n) is 8.38. The van der Waals surface area contributed by atoms with E-state index in [0.29, 0.717) is 53.5 Å². The Hall–Kier alpha value is -5.25. The molecule has 0 radical (unpaired) electrons. The molecule has 1 saturated heterocycles. The predicted octanol–water partition coefficient (Wildman–Crippen LogP) is 6.18. The molecule has 4 amide bonds. The molecule has 328 valence electrons. The Balaban J connectivity index is 1.26. The van der Waals surface area contributed by atoms with Crippen molar-refractivity contribution in [3.05, 3.63) is 66.5 Å². The molecule has 4 aliphatic rings. The normalized spacial score (nSPS) is 28.2. The van der Waals surface area contributed by atoms with E-state index in [1.807, 2.05) is 31.2 Å². The molecule has 2 saturated carbocycles. The molecule has 0 bridgehead atoms. The summed E-state index contributed by atoms with van der Waals surface area (Å²) in [7, 11) is -2.49. The molecule has 3 heterocycles. The minimum absolute atomic E-state index is 0.0316. The highest BCUT2D eigenvalue weighted by Gasteiger charge is 2.63. The minimum atomic E-state index is -4.04. The van der Waals surface area contributed by atoms with E-state index in [2.05, 4.69) is 22.3 Å². The first kappa shape index (κ1) is 43.8. The van der Waals surface area contributed by atoms with Crippen LogP contribution in [0.5, 0.6) is 11.6 Å². The third-order valence-electron chi connectivity index (χ3n) is 12.3. The Morgan fingerprint density at radius 3 is 2.43 bits per heavy atom. The molecule has 61 heavy (non-hydrogen) atoms. The number of nitrogens with one attached hydrogen (secondary N) is 3. The summed E-state index contributed by atoms with van der Waals surface area (Å²) in [5.74, 6) is -2.42. The second kappa shape index (κ2) is 16.6. The van der Waals surface area contributed by atoms with Gasteiger partial charge in [0.2, 0.25) is 27.7 Å². The van der Waals surface area contributed by atoms with E-state index in [0.717, 1.165) is 6.42 Å². The molecule has 7 rings (SSSR count). The first-order valence-corrected chi connectivity index (χ1v) is 22.5. The van der Waals surface area contributed by atoms with Gasteiger partial charge in [-0.15, -0.1) is 0 Å². The van der Waals surface area contributed by atoms with Crippen molar-refractivity contribution in [1.82, 2.24) is 25.2 Å². The third kappa shape index (κ3) is 9.48. The van der Waals surface area contributed by atoms with Crippen LogP contribution in [0, 0.1) is 23.6 Å². The number of ether oxygens (including phenoxy) is 3. The van der Waals surface area contributed by atoms with E-state index >= 15 is 0 Å². The number of carbonyl (C=O) groups is 4. The molecule has 16 heteroatoms. The van der Waals surface area contributed by atoms with Crippen molar-refractivity contribution in [2.75, 3.05) is 13.7 Å². The van der Waals surface area contributed by atoms with Gasteiger partial charge in [0.1, 0.15) is 40.9 Å². The number of hydrogen-bond donors (Lipinski definition) is 3. The largest absolute Gasteiger partial charge is 0.497 e. The number of hydrogen-bond acceptors (Lipinski definition) is 10. The van der Waals surface area contributed by atoms with Crippen LogP contribution < -0.4 is 24.8 Å². The van der Waals surface area contributed by atoms with Gasteiger partial charge in [-0.25, -0.2) is 22.6 Å². The summed E-state index contributed by atoms with van der Waals surface area (Å²) in [6.45, 7) is 10.6. The lowest BCUT2D eigenvalue weighted by Crippen LogP contribution is -2.59. The summed E-state index contributed by atoms with van der Waals surface area (Å²) in [6.07, 6.45) is 5.12. The molecule has 1 aromatic heterocycles. The molecule has 0 spiro atoms. The number of amides is 4. The minimum Gasteiger partial charge on any atom is -0.497 e. The smallest absolute Gasteiger partial charge is 0.408 e. The number of nitrogens with zero attached hydrogens (tertiary/aromatic N) is 2. The van der Waals surface area contributed by atoms with Crippen molar-refractivity contribution < 1.29 is 46.2 Å². The topological polar surface area (TPSA) is 182 Å². The van der Waals surface area contributed by atoms with Crippen LogP contribution in [-0.2, 0) is 29.1 Å². The van der Waals surface area contributed by atoms with Crippen molar-refractivity contribution in [2.45, 2.75) is 121 Å². The molecule has 2 aliphatic carbocycles. The number of benzene rings is 2. The maximum atomic E-state index is 15.0. The number of alkyl carbamates (subject to hydrolysis) is 1. The lowest BCUT2D eigenvalue weighted by molar-refractivity contribution is -0.142. The molecule has 3 N–H and O–H groups in total. The Labute approximate surface area is 356 Å². The molecule has 3 fully saturated rings. The summed E-state index contributed by atoms with van der Waals surface area (Å²) >= 11 is 0. The zero-order valence-electron chi connectivity index (χ0n) is 35.7. The number of pyridine rings is 1. The molecular formula is C45H56FN5O9S. The van der Waals surface area contributed by atoms with Gasteiger partial charge in [-0.05, 0) is 132 Å². The van der Waals surface area contributed by atoms with Crippen molar-refractivity contribution in [2.24, 2.45) is 17.8 Å². The summed E-state index contributed by atoms with van der Waals surface area (Å²) in [6, 6.07) is 10.8. The molecule has 2 aliphatic heterocycles. The summed E-state index contributed by atoms with van der Waals surface area (Å²) < 4.78 is 59.4. The number of allylic oxidation sites excluding steroid dienone is 1. The van der Waals surface area contributed by atoms with E-state index in [1.54, 1.807) is 59.1 Å². The second-order valence-electron chi connectivity index (χ2n) is 18.5. The van der Waals surface area contributed by atoms with Gasteiger partial charge < -0.3 is 29.7 Å². The average Bonchev–Trinajstić information content (AvgIpc) is 4.07. The molecule has 2 aromatic carbocycles. The van der Waals surface area contributed by atoms with E-state index in [1.165, 1.54) is 17.0 Å². The lowest BCUT2D eigenvalue weighted by atomic mass is 9.88. The van der Waals surface area contributed by atoms with Crippen LogP contribution in [0.4, 0.5) is 9.18 Å². The van der Waals surface area contributed by atoms with E-state index in [4.69, 9.17) is 19.2 Å². The van der Waals surface area contributed by atoms with Gasteiger partial charge in [-0.1, -0.05) is 26.0 Å². The summed E-state index contributed by atoms with van der Waals surface area (Å²) in [4.78, 5) is 63.3. The Bertz CT molecular complexity index is 2350. The van der Waals surface area contributed by atoms with Crippen LogP contribution >= 0.6 is 0 Å². The van der Waals surface area contributed by atoms with Crippen molar-refractivity contribution in [1.29, 1.82) is 0 Å². The van der Waals surface area contributed by atoms with Gasteiger partial charge in [0.15, 0.2) is 0 Å². The van der Waals surface area contributed by atoms with E-state index < -0.39 is 79.6 Å². The maximum absolute atomic E-state index is 15.0. The van der Waals surface area contributed by atoms with Crippen LogP contribution in [0.25, 0.3) is 22.0 Å². The Kier molecular flexibility index (Phi) is 11.9. The first-order chi connectivity index (χ1) is 28.7. The van der Waals surface area contributed by atoms with Crippen LogP contribution in [-0.4, -0.2) is 89.8 Å². The predicted molar refractivity (Wildman–Crippen MR) is 226 cm³/mol. The lowest BCUT2D eigenvalue weighted by Gasteiger charge is -2.33. The standard InChI is InChI=1S/C45H56FN5O9S/c1-26-10-8-9-11-30-24-45(30,41(54)50-61(56,57)44(6)18-19-44)49-38(52)36-23-33(25-51(36)40(53)37(27(2)20-26)48-42(55)60-43(3,4)5)59-39-34-17-16-32(58-7)21-29(34)22-35(47-39)28-12-14-31(46)15-13-28/h9,11-17,21-22,26-27,30,33,36-37H,8,10,18-20,23-25H2,1-7H3,(H,48,55)(H,49,52)(H,50,54)/b11-9-/t26-,27+,30+,33+,36-,37?,45+/m0/s1. The highest BCUT2D eigenvalue weighted by Crippen LogP contribution is 2.48. The van der Waals surface area contributed by atoms with E-state index in [-0.39, 0.29) is 37.1 Å². The quantitative estimate of drug-likeness (QED) is 0.222. The number of sulfonamides is 1. The van der Waals surface area contributed by atoms with Crippen LogP contribution in [0.1, 0.15) is 86.5 Å². The van der Waals surface area contributed by atoms with Gasteiger partial charge in [-0.3, -0.25) is 19.1 Å². The highest BCUT2D eigenvalue weighted by atomic mass is 32.2. The van der Waals surface area contributed by atoms with Gasteiger partial charge in [-0.2, -0.15) is 0 Å². The SMILES string of the molecule is COc1ccc2c(O[C@@H]3C[C@H]4C(=O)N[C@]5(C(=O)NS(=O)(=O)C6(C)CC6)C[C@H]5/C=C\CC[C@H](C)C[C@@H](C)C(NC(=O)OC(C)(C)C)C(=O)N4C3)nc(-c3ccc(F)cc3)cc2c1. The highest BCUT2D eigenvalue weighted by molar-refractivity contribution is 7.91. The molecule has 3 aromatic rings. The Morgan fingerprint density at radius 2 is 1.75 bits per heavy atom. The van der Waals surface area contributed by atoms with Gasteiger partial charge in [0, 0.05) is 23.3 Å². The zero-order chi connectivity index (χ0) is 44.1. The molecule has 7 atom stereocenters. The zero-order valence-corrected chi connectivity index (χ0v) is 36.6. The van der Waals surface area contributed by atoms with Crippen LogP contribution in [0.15, 0.2) is 60.7 Å². The molecule has 1 unspecified atom stereocenters. The van der Waals surface area contributed by atoms with Crippen molar-refractivity contribution in [3.8, 4) is 22.9 Å². The number of fused-ring (bicyclic) bond motifs is 3. The number of methoxy groups -OCH3 is 1. The molecular weight excluding hydrogens is 806 g/mol. The van der Waals surface area contributed by atoms with E-state index in [9.17, 15) is 32.0 Å². The number of halogens is 1. The van der Waals surface area contributed by atoms with Crippen LogP contribution in [0.2, 0.25) is 0 Å². The Morgan fingerprint density at radius 1 is 1.03 bits per heavy atom. The number of rotatable bonds is 8. The fourth-order valence-corrected chi connectivity index (χ4v) is 9.69. The molecule has 14 nitrogen and oxygen atoms in total. The fraction of sp³-hybridized carbons (Fsp3) is 0.533. The average molecular weight is 862 g/mol. The monoisotopic (exact) mass is 861 g/mol. The van der Waals surface area contributed by atoms with Crippen molar-refractivity contribution in [3.63, 3.8) is 0 Å². The number of carbonyl (C=O) groups excluding carboxylic acids is 4. The summed E-state index contributed by atoms with van der Waals surface area (Å²) in [5, 5.41) is 7.05.